The fraction of sp³-hybridized carbons (Fsp3) is 1.00. The lowest BCUT2D eigenvalue weighted by atomic mass is 10.7. The largest absolute Gasteiger partial charge is 0.391 e. The molecule has 0 aliphatic carbocycles. The highest BCUT2D eigenvalue weighted by Crippen LogP contribution is 1.84. The van der Waals surface area contributed by atoms with Gasteiger partial charge in [0.25, 0.3) is 0 Å². The molecule has 0 aliphatic heterocycles. The van der Waals surface area contributed by atoms with E-state index in [0.29, 0.717) is 0 Å². The van der Waals surface area contributed by atoms with Gasteiger partial charge in [0.1, 0.15) is 6.54 Å². The summed E-state index contributed by atoms with van der Waals surface area (Å²) in [6, 6.07) is 0. The van der Waals surface area contributed by atoms with E-state index in [1.54, 1.807) is 0 Å². The lowest BCUT2D eigenvalue weighted by Gasteiger charge is -2.21. The highest BCUT2D eigenvalue weighted by molar-refractivity contribution is 4.19. The normalized spacial score (nSPS) is 12.0. The predicted octanol–water partition coefficient (Wildman–Crippen LogP) is -0.315. The molecule has 0 fully saturated rings. The van der Waals surface area contributed by atoms with Crippen LogP contribution >= 0.6 is 0 Å². The van der Waals surface area contributed by atoms with E-state index >= 15 is 0 Å². The Kier molecular flexibility index (Phi) is 2.26. The molecule has 0 atom stereocenters. The summed E-state index contributed by atoms with van der Waals surface area (Å²) in [5.74, 6) is 0. The molecule has 1 N–H and O–H groups in total. The van der Waals surface area contributed by atoms with E-state index < -0.39 is 0 Å². The van der Waals surface area contributed by atoms with E-state index in [2.05, 4.69) is 21.1 Å². The number of rotatable bonds is 2. The third-order valence-electron chi connectivity index (χ3n) is 0.771. The number of nitrogens with zero attached hydrogens (tertiary/aromatic N) is 1. The lowest BCUT2D eigenvalue weighted by molar-refractivity contribution is -0.870. The van der Waals surface area contributed by atoms with Gasteiger partial charge in [0.2, 0.25) is 0 Å². The highest BCUT2D eigenvalue weighted by atomic mass is 16.3. The zero-order valence-electron chi connectivity index (χ0n) is 5.31. The molecule has 7 heavy (non-hydrogen) atoms. The van der Waals surface area contributed by atoms with Crippen molar-refractivity contribution >= 4 is 0 Å². The van der Waals surface area contributed by atoms with Crippen LogP contribution in [0.4, 0.5) is 0 Å². The Bertz CT molecular complexity index is 46.5. The Morgan fingerprint density at radius 2 is 1.71 bits per heavy atom. The lowest BCUT2D eigenvalue weighted by Crippen LogP contribution is -2.36. The van der Waals surface area contributed by atoms with Crippen molar-refractivity contribution in [2.24, 2.45) is 0 Å². The first-order valence-electron chi connectivity index (χ1n) is 2.47. The fourth-order valence-electron chi connectivity index (χ4n) is 0.300. The summed E-state index contributed by atoms with van der Waals surface area (Å²) < 4.78 is 0.844. The third kappa shape index (κ3) is 5.92. The zero-order chi connectivity index (χ0) is 5.91. The fourth-order valence-corrected chi connectivity index (χ4v) is 0.300. The molecular formula is C5H14NO+. The van der Waals surface area contributed by atoms with E-state index in [9.17, 15) is 0 Å². The van der Waals surface area contributed by atoms with Crippen LogP contribution in [-0.2, 0) is 0 Å². The van der Waals surface area contributed by atoms with Crippen LogP contribution in [0.3, 0.4) is 0 Å². The van der Waals surface area contributed by atoms with Gasteiger partial charge in [0.05, 0.1) is 27.7 Å². The maximum absolute atomic E-state index is 8.39. The summed E-state index contributed by atoms with van der Waals surface area (Å²) in [4.78, 5) is 0. The van der Waals surface area contributed by atoms with E-state index in [1.165, 1.54) is 0 Å². The first kappa shape index (κ1) is 6.92. The van der Waals surface area contributed by atoms with Gasteiger partial charge >= 0.3 is 0 Å². The Balaban J connectivity index is 3.15. The van der Waals surface area contributed by atoms with Crippen molar-refractivity contribution in [1.82, 2.24) is 0 Å². The summed E-state index contributed by atoms with van der Waals surface area (Å²) in [6.45, 7) is 1.11. The van der Waals surface area contributed by atoms with Gasteiger partial charge in [-0.3, -0.25) is 0 Å². The van der Waals surface area contributed by atoms with Gasteiger partial charge in [-0.15, -0.1) is 0 Å². The molecular weight excluding hydrogens is 93.0 g/mol. The predicted molar refractivity (Wildman–Crippen MR) is 30.0 cm³/mol. The van der Waals surface area contributed by atoms with Crippen molar-refractivity contribution in [1.29, 1.82) is 0 Å². The van der Waals surface area contributed by atoms with Crippen LogP contribution in [0.1, 0.15) is 0 Å². The summed E-state index contributed by atoms with van der Waals surface area (Å²) in [5.41, 5.74) is 0. The van der Waals surface area contributed by atoms with Gasteiger partial charge in [0, 0.05) is 0 Å². The average molecular weight is 107 g/mol. The number of quaternary nitrogens is 1. The Morgan fingerprint density at radius 1 is 1.29 bits per heavy atom. The Labute approximate surface area is 45.0 Å². The standard InChI is InChI=1S/C5H14NO/c1-6(2,3)4-5-7/h7H,4-5H2,1-3H3/q+1/i1+1,2+1,3+1. The summed E-state index contributed by atoms with van der Waals surface area (Å²) in [5, 5.41) is 8.39. The van der Waals surface area contributed by atoms with Crippen molar-refractivity contribution in [2.75, 3.05) is 34.3 Å². The van der Waals surface area contributed by atoms with Gasteiger partial charge in [-0.05, 0) is 0 Å². The first-order chi connectivity index (χ1) is 3.06. The number of aliphatic hydroxyl groups is 1. The van der Waals surface area contributed by atoms with Crippen LogP contribution in [-0.4, -0.2) is 43.9 Å². The molecule has 0 rings (SSSR count). The van der Waals surface area contributed by atoms with Crippen LogP contribution in [0.5, 0.6) is 0 Å². The quantitative estimate of drug-likeness (QED) is 0.379. The minimum absolute atomic E-state index is 0.281. The number of hydrogen-bond donors (Lipinski definition) is 1. The van der Waals surface area contributed by atoms with Gasteiger partial charge in [-0.25, -0.2) is 0 Å². The molecule has 0 saturated carbocycles. The van der Waals surface area contributed by atoms with Crippen molar-refractivity contribution in [3.63, 3.8) is 0 Å². The SMILES string of the molecule is [13CH3][N+]([13CH3])([13CH3])CCO. The van der Waals surface area contributed by atoms with E-state index in [4.69, 9.17) is 5.11 Å². The second-order valence-electron chi connectivity index (χ2n) is 2.74. The smallest absolute Gasteiger partial charge is 0.101 e. The topological polar surface area (TPSA) is 20.2 Å². The molecule has 2 heteroatoms. The van der Waals surface area contributed by atoms with Gasteiger partial charge in [-0.1, -0.05) is 0 Å². The Morgan fingerprint density at radius 3 is 1.71 bits per heavy atom. The maximum Gasteiger partial charge on any atom is 0.101 e. The number of likely N-dealkylation sites (N-methyl/N-ethyl adjacent to an activating group) is 1. The van der Waals surface area contributed by atoms with Gasteiger partial charge in [0.15, 0.2) is 0 Å². The molecule has 0 radical (unpaired) electrons. The first-order valence-corrected chi connectivity index (χ1v) is 2.47. The molecule has 2 nitrogen and oxygen atoms in total. The monoisotopic (exact) mass is 107 g/mol. The van der Waals surface area contributed by atoms with Crippen LogP contribution in [0, 0.1) is 0 Å². The van der Waals surface area contributed by atoms with Crippen LogP contribution in [0.2, 0.25) is 0 Å². The molecule has 0 bridgehead atoms. The third-order valence-corrected chi connectivity index (χ3v) is 0.771. The molecule has 0 aromatic heterocycles. The zero-order valence-corrected chi connectivity index (χ0v) is 5.31. The molecule has 0 heterocycles. The van der Waals surface area contributed by atoms with E-state index in [0.717, 1.165) is 11.0 Å². The molecule has 0 unspecified atom stereocenters. The van der Waals surface area contributed by atoms with Crippen LogP contribution < -0.4 is 0 Å². The number of aliphatic hydroxyl groups excluding tert-OH is 1. The van der Waals surface area contributed by atoms with Crippen molar-refractivity contribution < 1.29 is 9.59 Å². The van der Waals surface area contributed by atoms with Gasteiger partial charge in [-0.2, -0.15) is 0 Å². The minimum Gasteiger partial charge on any atom is -0.391 e. The van der Waals surface area contributed by atoms with Crippen molar-refractivity contribution in [2.45, 2.75) is 0 Å². The second kappa shape index (κ2) is 2.28. The van der Waals surface area contributed by atoms with Crippen LogP contribution in [0.15, 0.2) is 0 Å². The van der Waals surface area contributed by atoms with Gasteiger partial charge < -0.3 is 9.59 Å². The minimum atomic E-state index is 0.281. The summed E-state index contributed by atoms with van der Waals surface area (Å²) in [6.07, 6.45) is 0. The average Bonchev–Trinajstić information content (AvgIpc) is 1.30. The summed E-state index contributed by atoms with van der Waals surface area (Å²) >= 11 is 0. The molecule has 44 valence electrons. The van der Waals surface area contributed by atoms with E-state index in [1.807, 2.05) is 0 Å². The Hall–Kier alpha value is -0.0800. The molecule has 0 amide bonds. The molecule has 0 aromatic rings. The molecule has 0 aromatic carbocycles. The van der Waals surface area contributed by atoms with Crippen molar-refractivity contribution in [3.8, 4) is 0 Å². The maximum atomic E-state index is 8.39. The van der Waals surface area contributed by atoms with E-state index in [-0.39, 0.29) is 6.61 Å². The number of hydrogen-bond acceptors (Lipinski definition) is 1. The summed E-state index contributed by atoms with van der Waals surface area (Å²) in [7, 11) is 6.16. The molecule has 0 aliphatic rings. The molecule has 0 saturated heterocycles. The van der Waals surface area contributed by atoms with Crippen molar-refractivity contribution in [3.05, 3.63) is 0 Å². The second-order valence-corrected chi connectivity index (χ2v) is 2.74. The van der Waals surface area contributed by atoms with Crippen LogP contribution in [0.25, 0.3) is 0 Å². The molecule has 0 spiro atoms. The highest BCUT2D eigenvalue weighted by Gasteiger charge is 2.02.